The van der Waals surface area contributed by atoms with Crippen LogP contribution in [0.1, 0.15) is 64.4 Å². The van der Waals surface area contributed by atoms with Crippen molar-refractivity contribution in [2.75, 3.05) is 0 Å². The molecule has 192 valence electrons. The number of carbonyl (C=O) groups excluding carboxylic acids is 1. The van der Waals surface area contributed by atoms with E-state index in [1.165, 1.54) is 22.8 Å². The lowest BCUT2D eigenvalue weighted by molar-refractivity contribution is 0.0734. The van der Waals surface area contributed by atoms with Crippen LogP contribution in [0.5, 0.6) is 5.75 Å². The normalized spacial score (nSPS) is 12.2. The van der Waals surface area contributed by atoms with Crippen LogP contribution in [-0.2, 0) is 12.8 Å². The molecule has 0 aliphatic rings. The molecular formula is C35H33FO2. The zero-order chi connectivity index (χ0) is 26.7. The minimum Gasteiger partial charge on any atom is -0.423 e. The van der Waals surface area contributed by atoms with Gasteiger partial charge in [-0.2, -0.15) is 0 Å². The molecule has 38 heavy (non-hydrogen) atoms. The Morgan fingerprint density at radius 2 is 1.58 bits per heavy atom. The first-order valence-electron chi connectivity index (χ1n) is 13.1. The molecule has 0 radical (unpaired) electrons. The van der Waals surface area contributed by atoms with E-state index >= 15 is 0 Å². The Hall–Kier alpha value is -4.24. The molecule has 3 heteroatoms. The van der Waals surface area contributed by atoms with Crippen LogP contribution in [0, 0.1) is 5.82 Å². The zero-order valence-electron chi connectivity index (χ0n) is 21.9. The quantitative estimate of drug-likeness (QED) is 0.0932. The van der Waals surface area contributed by atoms with E-state index in [9.17, 15) is 9.18 Å². The molecular weight excluding hydrogens is 471 g/mol. The predicted octanol–water partition coefficient (Wildman–Crippen LogP) is 9.07. The lowest BCUT2D eigenvalue weighted by atomic mass is 9.93. The topological polar surface area (TPSA) is 26.3 Å². The van der Waals surface area contributed by atoms with Crippen LogP contribution in [0.3, 0.4) is 0 Å². The average molecular weight is 505 g/mol. The van der Waals surface area contributed by atoms with Crippen molar-refractivity contribution in [3.63, 3.8) is 0 Å². The second-order valence-corrected chi connectivity index (χ2v) is 9.47. The number of hydrogen-bond acceptors (Lipinski definition) is 2. The number of allylic oxidation sites excluding steroid dienone is 2. The Balaban J connectivity index is 1.33. The molecule has 0 amide bonds. The minimum atomic E-state index is -0.582. The van der Waals surface area contributed by atoms with Crippen LogP contribution in [0.25, 0.3) is 12.2 Å². The fourth-order valence-electron chi connectivity index (χ4n) is 4.30. The number of ether oxygens (including phenoxy) is 1. The Morgan fingerprint density at radius 3 is 2.26 bits per heavy atom. The molecule has 4 rings (SSSR count). The second-order valence-electron chi connectivity index (χ2n) is 9.47. The van der Waals surface area contributed by atoms with E-state index in [0.717, 1.165) is 24.8 Å². The van der Waals surface area contributed by atoms with Crippen LogP contribution >= 0.6 is 0 Å². The summed E-state index contributed by atoms with van der Waals surface area (Å²) in [4.78, 5) is 12.5. The molecule has 0 aromatic heterocycles. The van der Waals surface area contributed by atoms with Gasteiger partial charge in [-0.3, -0.25) is 0 Å². The zero-order valence-corrected chi connectivity index (χ0v) is 21.9. The summed E-state index contributed by atoms with van der Waals surface area (Å²) in [6.07, 6.45) is 10.6. The highest BCUT2D eigenvalue weighted by atomic mass is 19.1. The Kier molecular flexibility index (Phi) is 9.42. The van der Waals surface area contributed by atoms with Crippen LogP contribution in [-0.4, -0.2) is 5.97 Å². The largest absolute Gasteiger partial charge is 0.423 e. The molecule has 0 fully saturated rings. The fraction of sp³-hybridized carbons (Fsp3) is 0.171. The summed E-state index contributed by atoms with van der Waals surface area (Å²) in [7, 11) is 0. The number of benzene rings is 4. The summed E-state index contributed by atoms with van der Waals surface area (Å²) in [5, 5.41) is 0. The first kappa shape index (κ1) is 26.8. The second kappa shape index (κ2) is 13.3. The Bertz CT molecular complexity index is 1380. The maximum Gasteiger partial charge on any atom is 0.343 e. The van der Waals surface area contributed by atoms with Crippen LogP contribution < -0.4 is 4.74 Å². The van der Waals surface area contributed by atoms with Crippen molar-refractivity contribution in [2.24, 2.45) is 0 Å². The minimum absolute atomic E-state index is 0.175. The highest BCUT2D eigenvalue weighted by Crippen LogP contribution is 2.22. The monoisotopic (exact) mass is 504 g/mol. The number of aryl methyl sites for hydroxylation is 1. The van der Waals surface area contributed by atoms with Crippen molar-refractivity contribution in [3.05, 3.63) is 148 Å². The van der Waals surface area contributed by atoms with E-state index in [-0.39, 0.29) is 5.56 Å². The number of esters is 1. The third-order valence-electron chi connectivity index (χ3n) is 6.55. The number of hydrogen-bond donors (Lipinski definition) is 0. The van der Waals surface area contributed by atoms with Crippen molar-refractivity contribution in [3.8, 4) is 5.75 Å². The van der Waals surface area contributed by atoms with Gasteiger partial charge in [0.2, 0.25) is 0 Å². The smallest absolute Gasteiger partial charge is 0.343 e. The lowest BCUT2D eigenvalue weighted by Crippen LogP contribution is -2.09. The van der Waals surface area contributed by atoms with Crippen LogP contribution in [0.2, 0.25) is 0 Å². The van der Waals surface area contributed by atoms with E-state index in [2.05, 4.69) is 49.4 Å². The highest BCUT2D eigenvalue weighted by Gasteiger charge is 2.12. The Morgan fingerprint density at radius 1 is 0.868 bits per heavy atom. The van der Waals surface area contributed by atoms with Gasteiger partial charge in [-0.1, -0.05) is 104 Å². The van der Waals surface area contributed by atoms with Crippen LogP contribution in [0.4, 0.5) is 4.39 Å². The summed E-state index contributed by atoms with van der Waals surface area (Å²) in [6, 6.07) is 30.6. The standard InChI is InChI=1S/C35H33FO2/c1-3-4-6-9-27-17-22-33(23-18-27)38-35(37)32-21-20-31(34(36)25-32)19-16-28-12-14-29(15-13-28)24-26(2)30-10-7-5-8-11-30/h3-5,7-8,10-23,25-26H,6,9,24H2,1-2H3/t26-/m0/s1. The molecule has 0 spiro atoms. The maximum atomic E-state index is 14.8. The van der Waals surface area contributed by atoms with Gasteiger partial charge in [0.25, 0.3) is 0 Å². The fourth-order valence-corrected chi connectivity index (χ4v) is 4.30. The Labute approximate surface area is 225 Å². The van der Waals surface area contributed by atoms with Gasteiger partial charge in [-0.25, -0.2) is 9.18 Å². The molecule has 4 aromatic carbocycles. The average Bonchev–Trinajstić information content (AvgIpc) is 2.94. The number of rotatable bonds is 10. The molecule has 0 aliphatic heterocycles. The van der Waals surface area contributed by atoms with E-state index in [1.54, 1.807) is 30.3 Å². The summed E-state index contributed by atoms with van der Waals surface area (Å²) in [5.74, 6) is -0.176. The molecule has 0 unspecified atom stereocenters. The SMILES string of the molecule is CC=CCCc1ccc(OC(=O)c2ccc(C=Cc3ccc(C[C@H](C)c4ccccc4)cc3)c(F)c2)cc1. The summed E-state index contributed by atoms with van der Waals surface area (Å²) < 4.78 is 20.2. The van der Waals surface area contributed by atoms with Gasteiger partial charge in [0.05, 0.1) is 5.56 Å². The third-order valence-corrected chi connectivity index (χ3v) is 6.55. The first-order chi connectivity index (χ1) is 18.5. The summed E-state index contributed by atoms with van der Waals surface area (Å²) >= 11 is 0. The molecule has 0 N–H and O–H groups in total. The van der Waals surface area contributed by atoms with E-state index in [0.29, 0.717) is 17.2 Å². The van der Waals surface area contributed by atoms with Crippen molar-refractivity contribution in [1.82, 2.24) is 0 Å². The van der Waals surface area contributed by atoms with Gasteiger partial charge in [0, 0.05) is 5.56 Å². The first-order valence-corrected chi connectivity index (χ1v) is 13.1. The molecule has 0 saturated carbocycles. The van der Waals surface area contributed by atoms with Gasteiger partial charge in [0.15, 0.2) is 0 Å². The van der Waals surface area contributed by atoms with Gasteiger partial charge in [0.1, 0.15) is 11.6 Å². The molecule has 4 aromatic rings. The van der Waals surface area contributed by atoms with Crippen molar-refractivity contribution in [2.45, 2.75) is 39.0 Å². The molecule has 0 heterocycles. The third kappa shape index (κ3) is 7.63. The van der Waals surface area contributed by atoms with Gasteiger partial charge in [-0.15, -0.1) is 0 Å². The predicted molar refractivity (Wildman–Crippen MR) is 155 cm³/mol. The summed E-state index contributed by atoms with van der Waals surface area (Å²) in [6.45, 7) is 4.23. The molecule has 2 nitrogen and oxygen atoms in total. The number of halogens is 1. The molecule has 0 saturated heterocycles. The maximum absolute atomic E-state index is 14.8. The van der Waals surface area contributed by atoms with Gasteiger partial charge in [-0.05, 0) is 78.6 Å². The van der Waals surface area contributed by atoms with Gasteiger partial charge < -0.3 is 4.74 Å². The molecule has 1 atom stereocenters. The van der Waals surface area contributed by atoms with E-state index in [4.69, 9.17) is 4.74 Å². The van der Waals surface area contributed by atoms with Gasteiger partial charge >= 0.3 is 5.97 Å². The van der Waals surface area contributed by atoms with Crippen LogP contribution in [0.15, 0.2) is 109 Å². The molecule has 0 aliphatic carbocycles. The van der Waals surface area contributed by atoms with Crippen molar-refractivity contribution >= 4 is 18.1 Å². The summed E-state index contributed by atoms with van der Waals surface area (Å²) in [5.41, 5.74) is 5.32. The lowest BCUT2D eigenvalue weighted by Gasteiger charge is -2.12. The van der Waals surface area contributed by atoms with E-state index < -0.39 is 11.8 Å². The van der Waals surface area contributed by atoms with E-state index in [1.807, 2.05) is 49.4 Å². The number of carbonyl (C=O) groups is 1. The van der Waals surface area contributed by atoms with Crippen molar-refractivity contribution in [1.29, 1.82) is 0 Å². The molecule has 0 bridgehead atoms. The van der Waals surface area contributed by atoms with Crippen molar-refractivity contribution < 1.29 is 13.9 Å². The highest BCUT2D eigenvalue weighted by molar-refractivity contribution is 5.91.